The summed E-state index contributed by atoms with van der Waals surface area (Å²) >= 11 is 0. The Hall–Kier alpha value is -4.07. The van der Waals surface area contributed by atoms with E-state index >= 15 is 0 Å². The lowest BCUT2D eigenvalue weighted by atomic mass is 9.96. The maximum Gasteiger partial charge on any atom is 0.317 e. The minimum atomic E-state index is -0.843. The maximum absolute atomic E-state index is 13.0. The van der Waals surface area contributed by atoms with Gasteiger partial charge in [-0.25, -0.2) is 4.98 Å². The third-order valence-corrected chi connectivity index (χ3v) is 4.86. The summed E-state index contributed by atoms with van der Waals surface area (Å²) in [7, 11) is 1.85. The maximum atomic E-state index is 13.0. The van der Waals surface area contributed by atoms with Crippen molar-refractivity contribution in [3.05, 3.63) is 83.8 Å². The molecule has 0 spiro atoms. The first-order valence-corrected chi connectivity index (χ1v) is 9.50. The molecule has 0 radical (unpaired) electrons. The molecular formula is C22H18N6O2. The average Bonchev–Trinajstić information content (AvgIpc) is 3.38. The molecule has 8 nitrogen and oxygen atoms in total. The molecule has 0 saturated heterocycles. The second-order valence-corrected chi connectivity index (χ2v) is 7.03. The van der Waals surface area contributed by atoms with Gasteiger partial charge in [0, 0.05) is 30.8 Å². The minimum Gasteiger partial charge on any atom is -0.402 e. The van der Waals surface area contributed by atoms with Crippen LogP contribution >= 0.6 is 0 Å². The van der Waals surface area contributed by atoms with E-state index in [9.17, 15) is 4.79 Å². The Labute approximate surface area is 172 Å². The standard InChI is InChI=1S/C22H18N6O2/c1-28-12-17(23-13-28)21-26-27-22(30-21)25-20-18(29)11-15-9-5-6-10-16(15)19(24-20)14-7-3-2-4-8-14/h2-10,12-13,20H,11H2,1H3,(H,25,27). The lowest BCUT2D eigenvalue weighted by Crippen LogP contribution is -2.29. The van der Waals surface area contributed by atoms with Crippen LogP contribution in [0.15, 0.2) is 76.5 Å². The van der Waals surface area contributed by atoms with Gasteiger partial charge in [-0.2, -0.15) is 0 Å². The molecule has 2 aromatic heterocycles. The van der Waals surface area contributed by atoms with Crippen molar-refractivity contribution in [3.8, 4) is 11.6 Å². The van der Waals surface area contributed by atoms with Crippen LogP contribution in [-0.4, -0.2) is 37.4 Å². The van der Waals surface area contributed by atoms with Crippen molar-refractivity contribution >= 4 is 17.5 Å². The van der Waals surface area contributed by atoms with E-state index in [0.29, 0.717) is 5.69 Å². The number of aromatic nitrogens is 4. The molecule has 148 valence electrons. The Morgan fingerprint density at radius 2 is 1.87 bits per heavy atom. The van der Waals surface area contributed by atoms with Gasteiger partial charge in [0.2, 0.25) is 0 Å². The fourth-order valence-electron chi connectivity index (χ4n) is 3.42. The number of fused-ring (bicyclic) bond motifs is 1. The van der Waals surface area contributed by atoms with Gasteiger partial charge >= 0.3 is 6.01 Å². The fraction of sp³-hybridized carbons (Fsp3) is 0.136. The monoisotopic (exact) mass is 398 g/mol. The number of carbonyl (C=O) groups excluding carboxylic acids is 1. The topological polar surface area (TPSA) is 98.2 Å². The number of benzene rings is 2. The number of nitrogens with zero attached hydrogens (tertiary/aromatic N) is 5. The highest BCUT2D eigenvalue weighted by atomic mass is 16.4. The molecule has 0 saturated carbocycles. The van der Waals surface area contributed by atoms with Gasteiger partial charge in [0.15, 0.2) is 11.9 Å². The smallest absolute Gasteiger partial charge is 0.317 e. The van der Waals surface area contributed by atoms with E-state index in [2.05, 4.69) is 20.5 Å². The van der Waals surface area contributed by atoms with Gasteiger partial charge < -0.3 is 14.3 Å². The van der Waals surface area contributed by atoms with Gasteiger partial charge in [0.1, 0.15) is 5.69 Å². The molecule has 8 heteroatoms. The number of anilines is 1. The zero-order valence-corrected chi connectivity index (χ0v) is 16.2. The Bertz CT molecular complexity index is 1240. The van der Waals surface area contributed by atoms with Gasteiger partial charge in [-0.3, -0.25) is 9.79 Å². The highest BCUT2D eigenvalue weighted by Gasteiger charge is 2.27. The zero-order valence-electron chi connectivity index (χ0n) is 16.2. The summed E-state index contributed by atoms with van der Waals surface area (Å²) in [4.78, 5) is 21.9. The molecule has 0 bridgehead atoms. The lowest BCUT2D eigenvalue weighted by Gasteiger charge is -2.11. The van der Waals surface area contributed by atoms with E-state index in [1.54, 1.807) is 17.1 Å². The molecule has 4 aromatic rings. The Morgan fingerprint density at radius 3 is 2.67 bits per heavy atom. The number of hydrogen-bond acceptors (Lipinski definition) is 7. The van der Waals surface area contributed by atoms with Crippen LogP contribution in [0.2, 0.25) is 0 Å². The van der Waals surface area contributed by atoms with Crippen LogP contribution < -0.4 is 5.32 Å². The summed E-state index contributed by atoms with van der Waals surface area (Å²) < 4.78 is 7.45. The second kappa shape index (κ2) is 7.40. The van der Waals surface area contributed by atoms with Crippen molar-refractivity contribution in [2.75, 3.05) is 5.32 Å². The number of Topliss-reactive ketones (excluding diaryl/α,β-unsaturated/α-hetero) is 1. The number of carbonyl (C=O) groups is 1. The molecule has 1 aliphatic rings. The number of aliphatic imine (C=N–C) groups is 1. The second-order valence-electron chi connectivity index (χ2n) is 7.03. The Balaban J connectivity index is 1.51. The van der Waals surface area contributed by atoms with Crippen molar-refractivity contribution in [2.45, 2.75) is 12.6 Å². The lowest BCUT2D eigenvalue weighted by molar-refractivity contribution is -0.119. The van der Waals surface area contributed by atoms with Crippen molar-refractivity contribution in [1.82, 2.24) is 19.7 Å². The van der Waals surface area contributed by atoms with E-state index in [0.717, 1.165) is 22.4 Å². The van der Waals surface area contributed by atoms with Gasteiger partial charge in [0.05, 0.1) is 12.0 Å². The van der Waals surface area contributed by atoms with Crippen LogP contribution in [0.1, 0.15) is 16.7 Å². The minimum absolute atomic E-state index is 0.0778. The third kappa shape index (κ3) is 3.39. The first-order chi connectivity index (χ1) is 14.7. The Kier molecular flexibility index (Phi) is 4.44. The number of hydrogen-bond donors (Lipinski definition) is 1. The number of rotatable bonds is 4. The van der Waals surface area contributed by atoms with E-state index in [1.807, 2.05) is 61.6 Å². The molecule has 1 N–H and O–H groups in total. The first kappa shape index (κ1) is 18.0. The van der Waals surface area contributed by atoms with Crippen molar-refractivity contribution < 1.29 is 9.21 Å². The molecule has 0 aliphatic carbocycles. The molecule has 1 atom stereocenters. The highest BCUT2D eigenvalue weighted by Crippen LogP contribution is 2.23. The number of aryl methyl sites for hydroxylation is 1. The molecule has 1 unspecified atom stereocenters. The molecule has 5 rings (SSSR count). The molecule has 2 aromatic carbocycles. The van der Waals surface area contributed by atoms with Gasteiger partial charge in [-0.15, -0.1) is 5.10 Å². The molecule has 30 heavy (non-hydrogen) atoms. The van der Waals surface area contributed by atoms with Crippen molar-refractivity contribution in [3.63, 3.8) is 0 Å². The zero-order chi connectivity index (χ0) is 20.5. The van der Waals surface area contributed by atoms with E-state index in [4.69, 9.17) is 9.41 Å². The summed E-state index contributed by atoms with van der Waals surface area (Å²) in [5.41, 5.74) is 4.13. The van der Waals surface area contributed by atoms with Crippen LogP contribution in [0.4, 0.5) is 6.01 Å². The quantitative estimate of drug-likeness (QED) is 0.568. The first-order valence-electron chi connectivity index (χ1n) is 9.50. The van der Waals surface area contributed by atoms with E-state index in [1.165, 1.54) is 0 Å². The largest absolute Gasteiger partial charge is 0.402 e. The van der Waals surface area contributed by atoms with Crippen LogP contribution in [0.5, 0.6) is 0 Å². The number of ketones is 1. The van der Waals surface area contributed by atoms with Crippen LogP contribution in [0, 0.1) is 0 Å². The van der Waals surface area contributed by atoms with Gasteiger partial charge in [-0.1, -0.05) is 59.7 Å². The number of nitrogens with one attached hydrogen (secondary N) is 1. The highest BCUT2D eigenvalue weighted by molar-refractivity contribution is 6.16. The van der Waals surface area contributed by atoms with Gasteiger partial charge in [0.25, 0.3) is 5.89 Å². The van der Waals surface area contributed by atoms with E-state index < -0.39 is 6.17 Å². The summed E-state index contributed by atoms with van der Waals surface area (Å²) in [6, 6.07) is 17.8. The summed E-state index contributed by atoms with van der Waals surface area (Å²) in [5.74, 6) is 0.195. The van der Waals surface area contributed by atoms with Crippen LogP contribution in [-0.2, 0) is 18.3 Å². The van der Waals surface area contributed by atoms with Crippen LogP contribution in [0.3, 0.4) is 0 Å². The normalized spacial score (nSPS) is 16.0. The SMILES string of the molecule is Cn1cnc(-c2nnc(NC3N=C(c4ccccc4)c4ccccc4CC3=O)o2)c1. The molecule has 3 heterocycles. The molecule has 0 amide bonds. The summed E-state index contributed by atoms with van der Waals surface area (Å²) in [6.07, 6.45) is 2.84. The molecular weight excluding hydrogens is 380 g/mol. The van der Waals surface area contributed by atoms with Crippen LogP contribution in [0.25, 0.3) is 11.6 Å². The number of imidazole rings is 1. The predicted octanol–water partition coefficient (Wildman–Crippen LogP) is 2.87. The molecule has 1 aliphatic heterocycles. The van der Waals surface area contributed by atoms with Gasteiger partial charge in [-0.05, 0) is 5.56 Å². The third-order valence-electron chi connectivity index (χ3n) is 4.86. The van der Waals surface area contributed by atoms with Crippen molar-refractivity contribution in [1.29, 1.82) is 0 Å². The molecule has 0 fully saturated rings. The fourth-order valence-corrected chi connectivity index (χ4v) is 3.42. The summed E-state index contributed by atoms with van der Waals surface area (Å²) in [5, 5.41) is 11.0. The Morgan fingerprint density at radius 1 is 1.07 bits per heavy atom. The summed E-state index contributed by atoms with van der Waals surface area (Å²) in [6.45, 7) is 0. The predicted molar refractivity (Wildman–Crippen MR) is 111 cm³/mol. The average molecular weight is 398 g/mol. The van der Waals surface area contributed by atoms with Crippen molar-refractivity contribution in [2.24, 2.45) is 12.0 Å². The van der Waals surface area contributed by atoms with E-state index in [-0.39, 0.29) is 24.1 Å².